The van der Waals surface area contributed by atoms with Crippen LogP contribution < -0.4 is 5.76 Å². The van der Waals surface area contributed by atoms with Gasteiger partial charge < -0.3 is 13.7 Å². The van der Waals surface area contributed by atoms with Gasteiger partial charge in [-0.05, 0) is 37.1 Å². The molecule has 0 bridgehead atoms. The summed E-state index contributed by atoms with van der Waals surface area (Å²) in [5.41, 5.74) is 1.33. The molecule has 0 unspecified atom stereocenters. The number of para-hydroxylation sites is 2. The Morgan fingerprint density at radius 2 is 2.09 bits per heavy atom. The molecule has 1 aliphatic rings. The number of benzene rings is 1. The number of carbonyl (C=O) groups is 1. The normalized spacial score (nSPS) is 17.9. The highest BCUT2D eigenvalue weighted by Gasteiger charge is 2.31. The maximum atomic E-state index is 12.5. The number of hydrogen-bond acceptors (Lipinski definition) is 4. The molecule has 4 rings (SSSR count). The number of furan rings is 1. The van der Waals surface area contributed by atoms with Crippen molar-refractivity contribution in [1.82, 2.24) is 9.47 Å². The summed E-state index contributed by atoms with van der Waals surface area (Å²) in [6.45, 7) is 1.11. The maximum absolute atomic E-state index is 12.5. The van der Waals surface area contributed by atoms with E-state index in [1.54, 1.807) is 27.7 Å². The molecule has 23 heavy (non-hydrogen) atoms. The summed E-state index contributed by atoms with van der Waals surface area (Å²) in [5, 5.41) is 0. The van der Waals surface area contributed by atoms with Crippen LogP contribution in [0.5, 0.6) is 0 Å². The molecule has 6 nitrogen and oxygen atoms in total. The minimum Gasteiger partial charge on any atom is -0.459 e. The highest BCUT2D eigenvalue weighted by Crippen LogP contribution is 2.23. The summed E-state index contributed by atoms with van der Waals surface area (Å²) in [5.74, 6) is -0.178. The van der Waals surface area contributed by atoms with Gasteiger partial charge in [-0.25, -0.2) is 4.79 Å². The van der Waals surface area contributed by atoms with E-state index in [9.17, 15) is 9.59 Å². The lowest BCUT2D eigenvalue weighted by Crippen LogP contribution is -2.39. The van der Waals surface area contributed by atoms with Crippen LogP contribution in [0, 0.1) is 0 Å². The van der Waals surface area contributed by atoms with Crippen LogP contribution in [0.15, 0.2) is 56.3 Å². The number of likely N-dealkylation sites (tertiary alicyclic amines) is 1. The van der Waals surface area contributed by atoms with Gasteiger partial charge in [0.05, 0.1) is 17.8 Å². The van der Waals surface area contributed by atoms with Crippen LogP contribution in [0.2, 0.25) is 0 Å². The first kappa shape index (κ1) is 13.9. The lowest BCUT2D eigenvalue weighted by molar-refractivity contribution is 0.0691. The van der Waals surface area contributed by atoms with E-state index < -0.39 is 0 Å². The summed E-state index contributed by atoms with van der Waals surface area (Å²) in [4.78, 5) is 26.4. The van der Waals surface area contributed by atoms with Gasteiger partial charge in [-0.2, -0.15) is 0 Å². The van der Waals surface area contributed by atoms with E-state index in [0.717, 1.165) is 18.4 Å². The Bertz CT molecular complexity index is 891. The third-order valence-corrected chi connectivity index (χ3v) is 4.34. The highest BCUT2D eigenvalue weighted by molar-refractivity contribution is 5.91. The van der Waals surface area contributed by atoms with Gasteiger partial charge >= 0.3 is 5.76 Å². The third-order valence-electron chi connectivity index (χ3n) is 4.34. The molecule has 0 aliphatic carbocycles. The van der Waals surface area contributed by atoms with E-state index in [1.807, 2.05) is 18.2 Å². The lowest BCUT2D eigenvalue weighted by atomic mass is 10.2. The standard InChI is InChI=1S/C17H16N2O4/c20-16(15-8-4-10-22-15)18-9-3-5-12(18)11-19-13-6-1-2-7-14(13)23-17(19)21/h1-2,4,6-8,10,12H,3,5,9,11H2/t12-/m1/s1. The van der Waals surface area contributed by atoms with Crippen molar-refractivity contribution in [3.05, 3.63) is 59.0 Å². The number of amides is 1. The second-order valence-corrected chi connectivity index (χ2v) is 5.72. The molecule has 1 aromatic carbocycles. The average molecular weight is 312 g/mol. The van der Waals surface area contributed by atoms with Gasteiger partial charge in [0.1, 0.15) is 0 Å². The molecule has 1 saturated heterocycles. The van der Waals surface area contributed by atoms with Gasteiger partial charge in [0, 0.05) is 13.1 Å². The van der Waals surface area contributed by atoms with Gasteiger partial charge in [-0.1, -0.05) is 12.1 Å². The van der Waals surface area contributed by atoms with Crippen molar-refractivity contribution >= 4 is 17.0 Å². The summed E-state index contributed by atoms with van der Waals surface area (Å²) in [6.07, 6.45) is 3.27. The Labute approximate surface area is 131 Å². The molecule has 1 aliphatic heterocycles. The van der Waals surface area contributed by atoms with E-state index in [4.69, 9.17) is 8.83 Å². The fourth-order valence-electron chi connectivity index (χ4n) is 3.23. The topological polar surface area (TPSA) is 68.6 Å². The second-order valence-electron chi connectivity index (χ2n) is 5.72. The second kappa shape index (κ2) is 5.46. The molecule has 1 amide bonds. The molecule has 3 heterocycles. The van der Waals surface area contributed by atoms with Gasteiger partial charge in [-0.3, -0.25) is 9.36 Å². The van der Waals surface area contributed by atoms with E-state index in [2.05, 4.69) is 0 Å². The fourth-order valence-corrected chi connectivity index (χ4v) is 3.23. The third kappa shape index (κ3) is 2.36. The predicted molar refractivity (Wildman–Crippen MR) is 83.2 cm³/mol. The summed E-state index contributed by atoms with van der Waals surface area (Å²) >= 11 is 0. The Morgan fingerprint density at radius 1 is 1.22 bits per heavy atom. The van der Waals surface area contributed by atoms with E-state index >= 15 is 0 Å². The first-order valence-corrected chi connectivity index (χ1v) is 7.67. The fraction of sp³-hybridized carbons (Fsp3) is 0.294. The van der Waals surface area contributed by atoms with Crippen LogP contribution in [-0.4, -0.2) is 28.0 Å². The zero-order chi connectivity index (χ0) is 15.8. The Hall–Kier alpha value is -2.76. The van der Waals surface area contributed by atoms with Crippen LogP contribution in [0.4, 0.5) is 0 Å². The SMILES string of the molecule is O=C(c1ccco1)N1CCC[C@@H]1Cn1c(=O)oc2ccccc21. The lowest BCUT2D eigenvalue weighted by Gasteiger charge is -2.23. The van der Waals surface area contributed by atoms with E-state index in [-0.39, 0.29) is 17.7 Å². The number of aromatic nitrogens is 1. The maximum Gasteiger partial charge on any atom is 0.420 e. The summed E-state index contributed by atoms with van der Waals surface area (Å²) < 4.78 is 12.1. The van der Waals surface area contributed by atoms with Crippen molar-refractivity contribution in [1.29, 1.82) is 0 Å². The van der Waals surface area contributed by atoms with Crippen molar-refractivity contribution in [3.8, 4) is 0 Å². The number of rotatable bonds is 3. The molecular formula is C17H16N2O4. The Kier molecular flexibility index (Phi) is 3.29. The first-order chi connectivity index (χ1) is 11.2. The smallest absolute Gasteiger partial charge is 0.420 e. The molecule has 1 atom stereocenters. The number of carbonyl (C=O) groups excluding carboxylic acids is 1. The minimum atomic E-state index is -0.386. The molecule has 3 aromatic rings. The van der Waals surface area contributed by atoms with Gasteiger partial charge in [-0.15, -0.1) is 0 Å². The minimum absolute atomic E-state index is 0.0358. The highest BCUT2D eigenvalue weighted by atomic mass is 16.4. The van der Waals surface area contributed by atoms with Gasteiger partial charge in [0.15, 0.2) is 11.3 Å². The van der Waals surface area contributed by atoms with Crippen LogP contribution in [0.25, 0.3) is 11.1 Å². The van der Waals surface area contributed by atoms with Crippen molar-refractivity contribution in [2.45, 2.75) is 25.4 Å². The molecular weight excluding hydrogens is 296 g/mol. The summed E-state index contributed by atoms with van der Waals surface area (Å²) in [7, 11) is 0. The van der Waals surface area contributed by atoms with Crippen LogP contribution in [0.3, 0.4) is 0 Å². The molecule has 0 saturated carbocycles. The zero-order valence-corrected chi connectivity index (χ0v) is 12.5. The zero-order valence-electron chi connectivity index (χ0n) is 12.5. The molecule has 118 valence electrons. The van der Waals surface area contributed by atoms with E-state index in [1.165, 1.54) is 6.26 Å². The molecule has 1 fully saturated rings. The van der Waals surface area contributed by atoms with Crippen molar-refractivity contribution in [2.75, 3.05) is 6.54 Å². The van der Waals surface area contributed by atoms with Crippen molar-refractivity contribution in [3.63, 3.8) is 0 Å². The van der Waals surface area contributed by atoms with Crippen molar-refractivity contribution in [2.24, 2.45) is 0 Å². The molecule has 0 radical (unpaired) electrons. The van der Waals surface area contributed by atoms with Gasteiger partial charge in [0.25, 0.3) is 5.91 Å². The number of hydrogen-bond donors (Lipinski definition) is 0. The molecule has 6 heteroatoms. The Balaban J connectivity index is 1.63. The van der Waals surface area contributed by atoms with Gasteiger partial charge in [0.2, 0.25) is 0 Å². The Morgan fingerprint density at radius 3 is 2.91 bits per heavy atom. The summed E-state index contributed by atoms with van der Waals surface area (Å²) in [6, 6.07) is 10.7. The quantitative estimate of drug-likeness (QED) is 0.745. The monoisotopic (exact) mass is 312 g/mol. The van der Waals surface area contributed by atoms with Crippen LogP contribution in [-0.2, 0) is 6.54 Å². The average Bonchev–Trinajstić information content (AvgIpc) is 3.28. The predicted octanol–water partition coefficient (Wildman–Crippen LogP) is 2.49. The largest absolute Gasteiger partial charge is 0.459 e. The molecule has 0 N–H and O–H groups in total. The number of fused-ring (bicyclic) bond motifs is 1. The molecule has 2 aromatic heterocycles. The van der Waals surface area contributed by atoms with E-state index in [0.29, 0.717) is 24.4 Å². The molecule has 0 spiro atoms. The van der Waals surface area contributed by atoms with Crippen LogP contribution in [0.1, 0.15) is 23.4 Å². The van der Waals surface area contributed by atoms with Crippen molar-refractivity contribution < 1.29 is 13.6 Å². The van der Waals surface area contributed by atoms with Crippen LogP contribution >= 0.6 is 0 Å². The number of oxazole rings is 1. The first-order valence-electron chi connectivity index (χ1n) is 7.67. The number of nitrogens with zero attached hydrogens (tertiary/aromatic N) is 2.